The lowest BCUT2D eigenvalue weighted by atomic mass is 9.91. The van der Waals surface area contributed by atoms with Crippen LogP contribution in [0.4, 0.5) is 5.13 Å². The molecule has 0 saturated carbocycles. The number of thiazole rings is 1. The molecule has 0 bridgehead atoms. The zero-order valence-corrected chi connectivity index (χ0v) is 10.2. The second kappa shape index (κ2) is 3.23. The van der Waals surface area contributed by atoms with E-state index in [0.717, 1.165) is 5.13 Å². The Morgan fingerprint density at radius 1 is 1.43 bits per heavy atom. The van der Waals surface area contributed by atoms with Crippen LogP contribution in [0.25, 0.3) is 0 Å². The summed E-state index contributed by atoms with van der Waals surface area (Å²) in [5, 5.41) is 4.47. The first-order chi connectivity index (χ1) is 6.49. The Hall–Kier alpha value is -0.570. The van der Waals surface area contributed by atoms with Crippen LogP contribution >= 0.6 is 11.3 Å². The maximum Gasteiger partial charge on any atom is 0.183 e. The van der Waals surface area contributed by atoms with Crippen molar-refractivity contribution in [2.24, 2.45) is 0 Å². The van der Waals surface area contributed by atoms with Gasteiger partial charge in [-0.2, -0.15) is 0 Å². The standard InChI is InChI=1S/C11H18N2S/c1-7(2)12-10-13-9-8(14-10)5-6-11(9,3)4/h7H,5-6H2,1-4H3,(H,12,13). The first kappa shape index (κ1) is 9.97. The van der Waals surface area contributed by atoms with Crippen molar-refractivity contribution in [2.75, 3.05) is 5.32 Å². The summed E-state index contributed by atoms with van der Waals surface area (Å²) in [5.41, 5.74) is 1.62. The first-order valence-electron chi connectivity index (χ1n) is 5.26. The summed E-state index contributed by atoms with van der Waals surface area (Å²) in [5.74, 6) is 0. The molecule has 1 aliphatic carbocycles. The topological polar surface area (TPSA) is 24.9 Å². The second-order valence-corrected chi connectivity index (χ2v) is 6.06. The molecular formula is C11H18N2S. The molecule has 0 atom stereocenters. The molecule has 0 unspecified atom stereocenters. The van der Waals surface area contributed by atoms with E-state index in [1.807, 2.05) is 11.3 Å². The van der Waals surface area contributed by atoms with Crippen molar-refractivity contribution in [1.29, 1.82) is 0 Å². The van der Waals surface area contributed by atoms with E-state index in [4.69, 9.17) is 4.98 Å². The monoisotopic (exact) mass is 210 g/mol. The number of aryl methyl sites for hydroxylation is 1. The summed E-state index contributed by atoms with van der Waals surface area (Å²) in [6, 6.07) is 0.476. The van der Waals surface area contributed by atoms with Gasteiger partial charge >= 0.3 is 0 Å². The summed E-state index contributed by atoms with van der Waals surface area (Å²) >= 11 is 1.83. The van der Waals surface area contributed by atoms with Gasteiger partial charge in [0.15, 0.2) is 5.13 Å². The highest BCUT2D eigenvalue weighted by Crippen LogP contribution is 2.42. The van der Waals surface area contributed by atoms with Gasteiger partial charge < -0.3 is 5.32 Å². The Morgan fingerprint density at radius 2 is 2.14 bits per heavy atom. The van der Waals surface area contributed by atoms with Crippen molar-refractivity contribution >= 4 is 16.5 Å². The van der Waals surface area contributed by atoms with E-state index in [2.05, 4.69) is 33.0 Å². The first-order valence-corrected chi connectivity index (χ1v) is 6.07. The van der Waals surface area contributed by atoms with Crippen molar-refractivity contribution in [3.05, 3.63) is 10.6 Å². The van der Waals surface area contributed by atoms with Crippen molar-refractivity contribution in [3.63, 3.8) is 0 Å². The fourth-order valence-corrected chi connectivity index (χ4v) is 3.19. The Bertz CT molecular complexity index is 339. The number of rotatable bonds is 2. The minimum atomic E-state index is 0.294. The van der Waals surface area contributed by atoms with Crippen molar-refractivity contribution in [2.45, 2.75) is 52.0 Å². The maximum atomic E-state index is 4.69. The largest absolute Gasteiger partial charge is 0.359 e. The number of nitrogens with one attached hydrogen (secondary N) is 1. The maximum absolute atomic E-state index is 4.69. The van der Waals surface area contributed by atoms with Gasteiger partial charge in [0.1, 0.15) is 0 Å². The number of anilines is 1. The molecule has 14 heavy (non-hydrogen) atoms. The Balaban J connectivity index is 2.26. The minimum Gasteiger partial charge on any atom is -0.359 e. The molecular weight excluding hydrogens is 192 g/mol. The summed E-state index contributed by atoms with van der Waals surface area (Å²) in [7, 11) is 0. The zero-order valence-electron chi connectivity index (χ0n) is 9.35. The molecule has 2 rings (SSSR count). The predicted octanol–water partition coefficient (Wildman–Crippen LogP) is 3.19. The molecule has 1 aromatic heterocycles. The fraction of sp³-hybridized carbons (Fsp3) is 0.727. The minimum absolute atomic E-state index is 0.294. The Kier molecular flexibility index (Phi) is 2.30. The van der Waals surface area contributed by atoms with Crippen LogP contribution in [0.1, 0.15) is 44.7 Å². The fourth-order valence-electron chi connectivity index (χ4n) is 1.90. The molecule has 2 nitrogen and oxygen atoms in total. The van der Waals surface area contributed by atoms with Crippen molar-refractivity contribution < 1.29 is 0 Å². The second-order valence-electron chi connectivity index (χ2n) is 4.97. The van der Waals surface area contributed by atoms with Gasteiger partial charge in [-0.25, -0.2) is 4.98 Å². The highest BCUT2D eigenvalue weighted by atomic mass is 32.1. The van der Waals surface area contributed by atoms with Crippen LogP contribution in [0, 0.1) is 0 Å². The summed E-state index contributed by atoms with van der Waals surface area (Å²) in [4.78, 5) is 6.18. The van der Waals surface area contributed by atoms with E-state index in [1.54, 1.807) is 0 Å². The quantitative estimate of drug-likeness (QED) is 0.811. The van der Waals surface area contributed by atoms with E-state index < -0.39 is 0 Å². The molecule has 3 heteroatoms. The molecule has 0 radical (unpaired) electrons. The van der Waals surface area contributed by atoms with Crippen LogP contribution in [0.3, 0.4) is 0 Å². The van der Waals surface area contributed by atoms with Gasteiger partial charge in [0, 0.05) is 16.3 Å². The average Bonchev–Trinajstić information content (AvgIpc) is 2.53. The molecule has 1 N–H and O–H groups in total. The van der Waals surface area contributed by atoms with Crippen LogP contribution in [0.5, 0.6) is 0 Å². The molecule has 0 fully saturated rings. The average molecular weight is 210 g/mol. The van der Waals surface area contributed by atoms with Crippen molar-refractivity contribution in [3.8, 4) is 0 Å². The Morgan fingerprint density at radius 3 is 2.71 bits per heavy atom. The predicted molar refractivity (Wildman–Crippen MR) is 62.2 cm³/mol. The van der Waals surface area contributed by atoms with Gasteiger partial charge in [0.25, 0.3) is 0 Å². The number of hydrogen-bond acceptors (Lipinski definition) is 3. The lowest BCUT2D eigenvalue weighted by molar-refractivity contribution is 0.510. The van der Waals surface area contributed by atoms with Crippen LogP contribution < -0.4 is 5.32 Å². The normalized spacial score (nSPS) is 18.6. The molecule has 0 amide bonds. The lowest BCUT2D eigenvalue weighted by Crippen LogP contribution is -2.14. The molecule has 0 aromatic carbocycles. The highest BCUT2D eigenvalue weighted by molar-refractivity contribution is 7.15. The molecule has 1 aliphatic rings. The lowest BCUT2D eigenvalue weighted by Gasteiger charge is -2.15. The van der Waals surface area contributed by atoms with E-state index >= 15 is 0 Å². The summed E-state index contributed by atoms with van der Waals surface area (Å²) in [6.45, 7) is 8.88. The van der Waals surface area contributed by atoms with Crippen LogP contribution in [-0.2, 0) is 11.8 Å². The molecule has 0 spiro atoms. The number of fused-ring (bicyclic) bond motifs is 1. The van der Waals surface area contributed by atoms with E-state index in [0.29, 0.717) is 11.5 Å². The SMILES string of the molecule is CC(C)Nc1nc2c(s1)CCC2(C)C. The smallest absolute Gasteiger partial charge is 0.183 e. The molecule has 0 aliphatic heterocycles. The third-order valence-electron chi connectivity index (χ3n) is 2.73. The van der Waals surface area contributed by atoms with Crippen LogP contribution in [-0.4, -0.2) is 11.0 Å². The van der Waals surface area contributed by atoms with Gasteiger partial charge in [-0.3, -0.25) is 0 Å². The van der Waals surface area contributed by atoms with Crippen LogP contribution in [0.15, 0.2) is 0 Å². The summed E-state index contributed by atoms with van der Waals surface area (Å²) < 4.78 is 0. The van der Waals surface area contributed by atoms with Gasteiger partial charge in [-0.05, 0) is 26.7 Å². The molecule has 0 saturated heterocycles. The third-order valence-corrected chi connectivity index (χ3v) is 3.77. The van der Waals surface area contributed by atoms with E-state index in [-0.39, 0.29) is 0 Å². The Labute approximate surface area is 89.8 Å². The van der Waals surface area contributed by atoms with Gasteiger partial charge in [-0.15, -0.1) is 11.3 Å². The number of hydrogen-bond donors (Lipinski definition) is 1. The van der Waals surface area contributed by atoms with Gasteiger partial charge in [-0.1, -0.05) is 13.8 Å². The number of nitrogens with zero attached hydrogens (tertiary/aromatic N) is 1. The third kappa shape index (κ3) is 1.65. The van der Waals surface area contributed by atoms with Gasteiger partial charge in [0.05, 0.1) is 5.69 Å². The van der Waals surface area contributed by atoms with Crippen LogP contribution in [0.2, 0.25) is 0 Å². The van der Waals surface area contributed by atoms with E-state index in [9.17, 15) is 0 Å². The molecule has 1 heterocycles. The number of aromatic nitrogens is 1. The van der Waals surface area contributed by atoms with E-state index in [1.165, 1.54) is 23.4 Å². The molecule has 1 aromatic rings. The van der Waals surface area contributed by atoms with Gasteiger partial charge in [0.2, 0.25) is 0 Å². The van der Waals surface area contributed by atoms with Crippen molar-refractivity contribution in [1.82, 2.24) is 4.98 Å². The molecule has 78 valence electrons. The summed E-state index contributed by atoms with van der Waals surface area (Å²) in [6.07, 6.45) is 2.46. The highest BCUT2D eigenvalue weighted by Gasteiger charge is 2.33. The zero-order chi connectivity index (χ0) is 10.3.